The van der Waals surface area contributed by atoms with E-state index < -0.39 is 6.09 Å². The average molecular weight is 500 g/mol. The number of aromatic nitrogens is 1. The van der Waals surface area contributed by atoms with Gasteiger partial charge in [0.25, 0.3) is 5.91 Å². The molecule has 0 bridgehead atoms. The van der Waals surface area contributed by atoms with E-state index in [2.05, 4.69) is 10.6 Å². The highest BCUT2D eigenvalue weighted by molar-refractivity contribution is 6.15. The fourth-order valence-corrected chi connectivity index (χ4v) is 4.50. The highest BCUT2D eigenvalue weighted by atomic mass is 16.5. The van der Waals surface area contributed by atoms with Crippen molar-refractivity contribution in [3.05, 3.63) is 71.3 Å². The summed E-state index contributed by atoms with van der Waals surface area (Å²) < 4.78 is 5.05. The maximum Gasteiger partial charge on any atom is 0.411 e. The van der Waals surface area contributed by atoms with Crippen LogP contribution < -0.4 is 10.6 Å². The first-order valence-electron chi connectivity index (χ1n) is 12.4. The summed E-state index contributed by atoms with van der Waals surface area (Å²) in [6.07, 6.45) is -0.497. The summed E-state index contributed by atoms with van der Waals surface area (Å²) in [7, 11) is 3.71. The van der Waals surface area contributed by atoms with Gasteiger partial charge in [0.15, 0.2) is 0 Å². The molecule has 0 spiro atoms. The zero-order chi connectivity index (χ0) is 26.7. The third-order valence-electron chi connectivity index (χ3n) is 6.39. The maximum atomic E-state index is 13.5. The van der Waals surface area contributed by atoms with Crippen molar-refractivity contribution >= 4 is 50.9 Å². The molecule has 0 fully saturated rings. The van der Waals surface area contributed by atoms with Gasteiger partial charge in [-0.05, 0) is 57.0 Å². The van der Waals surface area contributed by atoms with E-state index in [1.54, 1.807) is 16.9 Å². The minimum atomic E-state index is -0.497. The van der Waals surface area contributed by atoms with Crippen molar-refractivity contribution in [1.82, 2.24) is 15.0 Å². The molecule has 0 radical (unpaired) electrons. The van der Waals surface area contributed by atoms with Crippen LogP contribution in [0.3, 0.4) is 0 Å². The first-order chi connectivity index (χ1) is 17.8. The Hall–Kier alpha value is -4.17. The molecule has 37 heavy (non-hydrogen) atoms. The highest BCUT2D eigenvalue weighted by Crippen LogP contribution is 2.37. The summed E-state index contributed by atoms with van der Waals surface area (Å²) in [6, 6.07) is 17.4. The zero-order valence-electron chi connectivity index (χ0n) is 22.2. The fraction of sp³-hybridized carbons (Fsp3) is 0.276. The Labute approximate surface area is 217 Å². The molecule has 0 saturated heterocycles. The van der Waals surface area contributed by atoms with E-state index in [1.165, 1.54) is 0 Å². The quantitative estimate of drug-likeness (QED) is 0.231. The largest absolute Gasteiger partial charge is 0.450 e. The van der Waals surface area contributed by atoms with Crippen LogP contribution in [0.15, 0.2) is 54.6 Å². The second kappa shape index (κ2) is 10.8. The summed E-state index contributed by atoms with van der Waals surface area (Å²) in [6.45, 7) is 8.50. The van der Waals surface area contributed by atoms with Crippen LogP contribution in [0.4, 0.5) is 21.9 Å². The van der Waals surface area contributed by atoms with Gasteiger partial charge in [-0.2, -0.15) is 0 Å². The molecule has 192 valence electrons. The summed E-state index contributed by atoms with van der Waals surface area (Å²) in [5.41, 5.74) is 6.20. The molecule has 3 aromatic carbocycles. The molecule has 1 aromatic heterocycles. The molecule has 0 saturated carbocycles. The third-order valence-corrected chi connectivity index (χ3v) is 6.39. The minimum absolute atomic E-state index is 0.110. The van der Waals surface area contributed by atoms with E-state index >= 15 is 0 Å². The molecule has 8 nitrogen and oxygen atoms in total. The smallest absolute Gasteiger partial charge is 0.411 e. The third kappa shape index (κ3) is 5.06. The van der Waals surface area contributed by atoms with Crippen LogP contribution in [0.1, 0.15) is 35.3 Å². The lowest BCUT2D eigenvalue weighted by Gasteiger charge is -2.28. The standard InChI is InChI=1S/C29H33N5O3/c1-7-34(33(5)6)28(35)22-15-10-14-21-26(20-13-9-12-18(3)25(20)32-27(21)22)30-23-16-11-17-24(19(23)4)31-29(36)37-8-2/h9-17H,7-8H2,1-6H3,(H,30,32)(H,31,36). The van der Waals surface area contributed by atoms with Crippen LogP contribution in [0.5, 0.6) is 0 Å². The second-order valence-corrected chi connectivity index (χ2v) is 8.98. The van der Waals surface area contributed by atoms with Crippen LogP contribution in [0.2, 0.25) is 0 Å². The number of nitrogens with one attached hydrogen (secondary N) is 2. The van der Waals surface area contributed by atoms with E-state index in [-0.39, 0.29) is 5.91 Å². The first-order valence-corrected chi connectivity index (χ1v) is 12.4. The molecule has 0 aliphatic heterocycles. The van der Waals surface area contributed by atoms with Gasteiger partial charge < -0.3 is 10.1 Å². The molecule has 0 atom stereocenters. The van der Waals surface area contributed by atoms with E-state index in [0.717, 1.165) is 38.8 Å². The fourth-order valence-electron chi connectivity index (χ4n) is 4.50. The van der Waals surface area contributed by atoms with Crippen molar-refractivity contribution in [2.24, 2.45) is 0 Å². The number of amides is 2. The van der Waals surface area contributed by atoms with Gasteiger partial charge in [-0.3, -0.25) is 15.1 Å². The first kappa shape index (κ1) is 25.9. The lowest BCUT2D eigenvalue weighted by molar-refractivity contribution is 0.0232. The average Bonchev–Trinajstić information content (AvgIpc) is 2.86. The Kier molecular flexibility index (Phi) is 7.59. The summed E-state index contributed by atoms with van der Waals surface area (Å²) in [5, 5.41) is 11.7. The van der Waals surface area contributed by atoms with Crippen LogP contribution in [-0.2, 0) is 4.74 Å². The van der Waals surface area contributed by atoms with Gasteiger partial charge >= 0.3 is 6.09 Å². The number of hydrogen-bond donors (Lipinski definition) is 2. The van der Waals surface area contributed by atoms with Gasteiger partial charge in [-0.1, -0.05) is 36.4 Å². The topological polar surface area (TPSA) is 86.8 Å². The Morgan fingerprint density at radius 2 is 1.54 bits per heavy atom. The van der Waals surface area contributed by atoms with Gasteiger partial charge in [0.2, 0.25) is 0 Å². The number of fused-ring (bicyclic) bond motifs is 2. The predicted molar refractivity (Wildman–Crippen MR) is 149 cm³/mol. The number of hydrogen-bond acceptors (Lipinski definition) is 6. The van der Waals surface area contributed by atoms with E-state index in [1.807, 2.05) is 89.5 Å². The SMILES string of the molecule is CCOC(=O)Nc1cccc(Nc2c3cccc(C)c3nc3c(C(=O)N(CC)N(C)C)cccc23)c1C. The lowest BCUT2D eigenvalue weighted by Crippen LogP contribution is -2.41. The van der Waals surface area contributed by atoms with Crippen molar-refractivity contribution in [3.8, 4) is 0 Å². The Morgan fingerprint density at radius 1 is 0.892 bits per heavy atom. The minimum Gasteiger partial charge on any atom is -0.450 e. The van der Waals surface area contributed by atoms with E-state index in [4.69, 9.17) is 9.72 Å². The molecule has 8 heteroatoms. The number of aryl methyl sites for hydroxylation is 1. The normalized spacial score (nSPS) is 11.1. The zero-order valence-corrected chi connectivity index (χ0v) is 22.2. The van der Waals surface area contributed by atoms with Crippen LogP contribution in [0, 0.1) is 13.8 Å². The molecule has 0 unspecified atom stereocenters. The van der Waals surface area contributed by atoms with Gasteiger partial charge in [-0.15, -0.1) is 0 Å². The van der Waals surface area contributed by atoms with E-state index in [0.29, 0.717) is 29.9 Å². The molecule has 0 aliphatic carbocycles. The number of anilines is 3. The molecule has 4 aromatic rings. The number of carbonyl (C=O) groups excluding carboxylic acids is 2. The molecule has 2 N–H and O–H groups in total. The molecule has 0 aliphatic rings. The number of para-hydroxylation sites is 2. The van der Waals surface area contributed by atoms with E-state index in [9.17, 15) is 9.59 Å². The molecule has 1 heterocycles. The van der Waals surface area contributed by atoms with Gasteiger partial charge in [0.1, 0.15) is 0 Å². The van der Waals surface area contributed by atoms with Crippen LogP contribution in [0.25, 0.3) is 21.8 Å². The van der Waals surface area contributed by atoms with Crippen LogP contribution >= 0.6 is 0 Å². The van der Waals surface area contributed by atoms with Gasteiger partial charge in [0.05, 0.1) is 28.9 Å². The van der Waals surface area contributed by atoms with Crippen molar-refractivity contribution < 1.29 is 14.3 Å². The number of carbonyl (C=O) groups is 2. The summed E-state index contributed by atoms with van der Waals surface area (Å²) >= 11 is 0. The Morgan fingerprint density at radius 3 is 2.22 bits per heavy atom. The summed E-state index contributed by atoms with van der Waals surface area (Å²) in [5.74, 6) is -0.110. The number of nitrogens with zero attached hydrogens (tertiary/aromatic N) is 3. The highest BCUT2D eigenvalue weighted by Gasteiger charge is 2.22. The van der Waals surface area contributed by atoms with Crippen molar-refractivity contribution in [1.29, 1.82) is 0 Å². The number of rotatable bonds is 7. The second-order valence-electron chi connectivity index (χ2n) is 8.98. The number of pyridine rings is 1. The number of ether oxygens (including phenoxy) is 1. The van der Waals surface area contributed by atoms with Crippen molar-refractivity contribution in [3.63, 3.8) is 0 Å². The maximum absolute atomic E-state index is 13.5. The molecule has 4 rings (SSSR count). The Bertz CT molecular complexity index is 1480. The molecular weight excluding hydrogens is 466 g/mol. The predicted octanol–water partition coefficient (Wildman–Crippen LogP) is 6.26. The molecule has 2 amide bonds. The van der Waals surface area contributed by atoms with Crippen LogP contribution in [-0.4, -0.2) is 54.2 Å². The van der Waals surface area contributed by atoms with Gasteiger partial charge in [-0.25, -0.2) is 14.8 Å². The van der Waals surface area contributed by atoms with Crippen molar-refractivity contribution in [2.45, 2.75) is 27.7 Å². The molecular formula is C29H33N5O3. The Balaban J connectivity index is 1.91. The monoisotopic (exact) mass is 499 g/mol. The number of benzene rings is 3. The summed E-state index contributed by atoms with van der Waals surface area (Å²) in [4.78, 5) is 30.6. The lowest BCUT2D eigenvalue weighted by atomic mass is 10.0. The van der Waals surface area contributed by atoms with Crippen molar-refractivity contribution in [2.75, 3.05) is 37.9 Å². The number of hydrazine groups is 1. The van der Waals surface area contributed by atoms with Gasteiger partial charge in [0, 0.05) is 42.8 Å².